The van der Waals surface area contributed by atoms with Crippen molar-refractivity contribution in [3.8, 4) is 0 Å². The van der Waals surface area contributed by atoms with Crippen LogP contribution in [0.3, 0.4) is 0 Å². The van der Waals surface area contributed by atoms with Gasteiger partial charge in [0.15, 0.2) is 5.82 Å². The Morgan fingerprint density at radius 1 is 1.32 bits per heavy atom. The molecule has 1 aromatic carbocycles. The average Bonchev–Trinajstić information content (AvgIpc) is 3.17. The molecule has 5 nitrogen and oxygen atoms in total. The number of quaternary nitrogens is 1. The lowest BCUT2D eigenvalue weighted by atomic mass is 10.2. The van der Waals surface area contributed by atoms with Gasteiger partial charge in [-0.2, -0.15) is 0 Å². The van der Waals surface area contributed by atoms with Crippen LogP contribution in [-0.2, 0) is 0 Å². The molecule has 3 aromatic rings. The molecule has 0 spiro atoms. The molecule has 1 fully saturated rings. The molecule has 5 heteroatoms. The Kier molecular flexibility index (Phi) is 3.42. The molecule has 2 aromatic heterocycles. The van der Waals surface area contributed by atoms with Crippen LogP contribution in [0.2, 0.25) is 0 Å². The first-order valence-electron chi connectivity index (χ1n) is 8.16. The summed E-state index contributed by atoms with van der Waals surface area (Å²) in [5.41, 5.74) is 3.13. The van der Waals surface area contributed by atoms with Crippen LogP contribution < -0.4 is 10.2 Å². The van der Waals surface area contributed by atoms with E-state index >= 15 is 0 Å². The number of hydrogen-bond acceptors (Lipinski definition) is 3. The molecular formula is C17H22N5+. The van der Waals surface area contributed by atoms with E-state index < -0.39 is 0 Å². The van der Waals surface area contributed by atoms with Crippen LogP contribution in [0.1, 0.15) is 19.8 Å². The van der Waals surface area contributed by atoms with Crippen molar-refractivity contribution in [2.45, 2.75) is 25.8 Å². The molecule has 0 aliphatic carbocycles. The zero-order chi connectivity index (χ0) is 14.9. The second-order valence-corrected chi connectivity index (χ2v) is 6.10. The summed E-state index contributed by atoms with van der Waals surface area (Å²) in [6.07, 6.45) is 4.29. The van der Waals surface area contributed by atoms with E-state index in [2.05, 4.69) is 39.3 Å². The van der Waals surface area contributed by atoms with Gasteiger partial charge in [0.25, 0.3) is 0 Å². The smallest absolute Gasteiger partial charge is 0.154 e. The van der Waals surface area contributed by atoms with Gasteiger partial charge in [0.2, 0.25) is 0 Å². The predicted molar refractivity (Wildman–Crippen MR) is 89.3 cm³/mol. The molecule has 3 heterocycles. The topological polar surface area (TPSA) is 58.0 Å². The highest BCUT2D eigenvalue weighted by Crippen LogP contribution is 2.26. The minimum absolute atomic E-state index is 0.694. The van der Waals surface area contributed by atoms with Gasteiger partial charge >= 0.3 is 0 Å². The zero-order valence-electron chi connectivity index (χ0n) is 12.9. The number of anilines is 1. The number of aromatic nitrogens is 3. The van der Waals surface area contributed by atoms with Crippen LogP contribution in [0.4, 0.5) is 5.82 Å². The normalized spacial score (nSPS) is 21.7. The molecule has 22 heavy (non-hydrogen) atoms. The first-order chi connectivity index (χ1) is 10.9. The van der Waals surface area contributed by atoms with Crippen molar-refractivity contribution in [1.82, 2.24) is 15.0 Å². The van der Waals surface area contributed by atoms with Gasteiger partial charge in [0.05, 0.1) is 19.6 Å². The first-order valence-corrected chi connectivity index (χ1v) is 8.16. The molecular weight excluding hydrogens is 274 g/mol. The number of rotatable bonds is 4. The number of H-pyrrole nitrogens is 1. The fourth-order valence-electron chi connectivity index (χ4n) is 3.69. The Labute approximate surface area is 129 Å². The molecule has 4 rings (SSSR count). The summed E-state index contributed by atoms with van der Waals surface area (Å²) in [6.45, 7) is 5.76. The Morgan fingerprint density at radius 2 is 2.23 bits per heavy atom. The summed E-state index contributed by atoms with van der Waals surface area (Å²) < 4.78 is 0. The molecule has 2 atom stereocenters. The fraction of sp³-hybridized carbons (Fsp3) is 0.412. The molecule has 0 bridgehead atoms. The number of fused-ring (bicyclic) bond motifs is 3. The molecule has 0 radical (unpaired) electrons. The van der Waals surface area contributed by atoms with Crippen molar-refractivity contribution in [1.29, 1.82) is 0 Å². The van der Waals surface area contributed by atoms with E-state index in [9.17, 15) is 0 Å². The van der Waals surface area contributed by atoms with Crippen LogP contribution in [0.5, 0.6) is 0 Å². The third-order valence-corrected chi connectivity index (χ3v) is 4.89. The molecule has 114 valence electrons. The van der Waals surface area contributed by atoms with Gasteiger partial charge in [-0.1, -0.05) is 18.2 Å². The van der Waals surface area contributed by atoms with E-state index in [-0.39, 0.29) is 0 Å². The lowest BCUT2D eigenvalue weighted by Gasteiger charge is -2.20. The van der Waals surface area contributed by atoms with Crippen LogP contribution >= 0.6 is 0 Å². The van der Waals surface area contributed by atoms with Crippen molar-refractivity contribution in [3.05, 3.63) is 30.6 Å². The Morgan fingerprint density at radius 3 is 3.14 bits per heavy atom. The summed E-state index contributed by atoms with van der Waals surface area (Å²) in [7, 11) is 0. The highest BCUT2D eigenvalue weighted by atomic mass is 15.2. The van der Waals surface area contributed by atoms with E-state index in [1.54, 1.807) is 11.2 Å². The average molecular weight is 296 g/mol. The Bertz CT molecular complexity index is 794. The number of aromatic amines is 1. The number of nitrogens with one attached hydrogen (secondary N) is 3. The van der Waals surface area contributed by atoms with E-state index in [4.69, 9.17) is 0 Å². The third-order valence-electron chi connectivity index (χ3n) is 4.89. The molecule has 1 unspecified atom stereocenters. The van der Waals surface area contributed by atoms with Crippen LogP contribution in [0.25, 0.3) is 21.9 Å². The number of para-hydroxylation sites is 1. The van der Waals surface area contributed by atoms with Crippen molar-refractivity contribution < 1.29 is 4.90 Å². The zero-order valence-corrected chi connectivity index (χ0v) is 12.9. The predicted octanol–water partition coefficient (Wildman–Crippen LogP) is 1.59. The minimum Gasteiger partial charge on any atom is -0.362 e. The molecule has 0 saturated carbocycles. The van der Waals surface area contributed by atoms with Crippen LogP contribution in [0.15, 0.2) is 30.6 Å². The van der Waals surface area contributed by atoms with Crippen molar-refractivity contribution in [2.75, 3.05) is 25.0 Å². The van der Waals surface area contributed by atoms with Gasteiger partial charge in [-0.3, -0.25) is 0 Å². The number of benzene rings is 1. The summed E-state index contributed by atoms with van der Waals surface area (Å²) in [4.78, 5) is 14.1. The highest BCUT2D eigenvalue weighted by Gasteiger charge is 2.26. The van der Waals surface area contributed by atoms with Gasteiger partial charge < -0.3 is 15.2 Å². The van der Waals surface area contributed by atoms with Crippen molar-refractivity contribution in [2.24, 2.45) is 0 Å². The van der Waals surface area contributed by atoms with Crippen LogP contribution in [-0.4, -0.2) is 40.6 Å². The lowest BCUT2D eigenvalue weighted by Crippen LogP contribution is -3.14. The van der Waals surface area contributed by atoms with Gasteiger partial charge in [-0.25, -0.2) is 9.97 Å². The number of likely N-dealkylation sites (N-methyl/N-ethyl adjacent to an activating group) is 1. The number of nitrogens with zero attached hydrogens (tertiary/aromatic N) is 2. The maximum absolute atomic E-state index is 4.45. The second-order valence-electron chi connectivity index (χ2n) is 6.10. The Hall–Kier alpha value is -2.14. The Balaban J connectivity index is 1.64. The number of likely N-dealkylation sites (tertiary alicyclic amines) is 1. The molecule has 3 N–H and O–H groups in total. The molecule has 1 saturated heterocycles. The molecule has 1 aliphatic heterocycles. The van der Waals surface area contributed by atoms with Gasteiger partial charge in [0, 0.05) is 23.7 Å². The number of hydrogen-bond donors (Lipinski definition) is 3. The monoisotopic (exact) mass is 296 g/mol. The van der Waals surface area contributed by atoms with E-state index in [0.717, 1.165) is 34.3 Å². The molecule has 1 aliphatic rings. The summed E-state index contributed by atoms with van der Waals surface area (Å²) >= 11 is 0. The SMILES string of the molecule is CC[NH+]1CCC[C@H]1CNc1ncnc2c1[nH]c1ccccc12. The maximum atomic E-state index is 4.45. The minimum atomic E-state index is 0.694. The highest BCUT2D eigenvalue weighted by molar-refractivity contribution is 6.07. The lowest BCUT2D eigenvalue weighted by molar-refractivity contribution is -0.908. The van der Waals surface area contributed by atoms with Crippen molar-refractivity contribution >= 4 is 27.8 Å². The van der Waals surface area contributed by atoms with E-state index in [1.807, 2.05) is 12.1 Å². The summed E-state index contributed by atoms with van der Waals surface area (Å²) in [6, 6.07) is 8.97. The quantitative estimate of drug-likeness (QED) is 0.685. The van der Waals surface area contributed by atoms with E-state index in [0.29, 0.717) is 6.04 Å². The maximum Gasteiger partial charge on any atom is 0.154 e. The van der Waals surface area contributed by atoms with Crippen molar-refractivity contribution in [3.63, 3.8) is 0 Å². The van der Waals surface area contributed by atoms with Gasteiger partial charge in [-0.15, -0.1) is 0 Å². The molecule has 0 amide bonds. The second kappa shape index (κ2) is 5.57. The van der Waals surface area contributed by atoms with Crippen LogP contribution in [0, 0.1) is 0 Å². The summed E-state index contributed by atoms with van der Waals surface area (Å²) in [5, 5.41) is 4.71. The summed E-state index contributed by atoms with van der Waals surface area (Å²) in [5.74, 6) is 0.920. The first kappa shape index (κ1) is 13.5. The fourth-order valence-corrected chi connectivity index (χ4v) is 3.69. The van der Waals surface area contributed by atoms with Gasteiger partial charge in [0.1, 0.15) is 23.4 Å². The largest absolute Gasteiger partial charge is 0.362 e. The third kappa shape index (κ3) is 2.22. The van der Waals surface area contributed by atoms with E-state index in [1.165, 1.54) is 25.9 Å². The standard InChI is InChI=1S/C17H21N5/c1-2-22-9-5-6-12(22)10-18-17-16-15(19-11-20-17)13-7-3-4-8-14(13)21-16/h3-4,7-8,11-12,21H,2,5-6,9-10H2,1H3,(H,18,19,20)/p+1/t12-/m0/s1. The van der Waals surface area contributed by atoms with Gasteiger partial charge in [-0.05, 0) is 13.0 Å².